The highest BCUT2D eigenvalue weighted by Crippen LogP contribution is 2.33. The molecule has 0 spiro atoms. The van der Waals surface area contributed by atoms with Crippen LogP contribution in [0.1, 0.15) is 40.5 Å². The highest BCUT2D eigenvalue weighted by Gasteiger charge is 2.30. The third-order valence-corrected chi connectivity index (χ3v) is 6.26. The minimum absolute atomic E-state index is 0.115. The molecule has 1 aliphatic heterocycles. The van der Waals surface area contributed by atoms with E-state index in [1.807, 2.05) is 4.68 Å². The third-order valence-electron chi connectivity index (χ3n) is 5.87. The minimum atomic E-state index is -4.45. The molecule has 0 atom stereocenters. The number of aromatic nitrogens is 3. The molecule has 0 bridgehead atoms. The van der Waals surface area contributed by atoms with Crippen molar-refractivity contribution in [1.29, 1.82) is 0 Å². The minimum Gasteiger partial charge on any atom is -0.395 e. The number of rotatable bonds is 5. The largest absolute Gasteiger partial charge is 0.416 e. The molecule has 0 radical (unpaired) electrons. The second kappa shape index (κ2) is 9.28. The molecule has 0 saturated carbocycles. The lowest BCUT2D eigenvalue weighted by atomic mass is 10.1. The number of β-amino-alcohol motifs (C(OH)–C–C–N with tert-alkyl or cyclic N) is 1. The third kappa shape index (κ3) is 4.83. The van der Waals surface area contributed by atoms with E-state index in [0.29, 0.717) is 23.3 Å². The summed E-state index contributed by atoms with van der Waals surface area (Å²) in [6.07, 6.45) is -1.38. The van der Waals surface area contributed by atoms with Crippen molar-refractivity contribution in [3.63, 3.8) is 0 Å². The second-order valence-electron chi connectivity index (χ2n) is 8.04. The summed E-state index contributed by atoms with van der Waals surface area (Å²) in [6.45, 7) is 4.25. The zero-order valence-electron chi connectivity index (χ0n) is 17.9. The van der Waals surface area contributed by atoms with Gasteiger partial charge in [0.05, 0.1) is 39.9 Å². The van der Waals surface area contributed by atoms with Crippen LogP contribution in [0.15, 0.2) is 30.5 Å². The number of hydrogen-bond donors (Lipinski definition) is 2. The van der Waals surface area contributed by atoms with Gasteiger partial charge in [-0.15, -0.1) is 0 Å². The van der Waals surface area contributed by atoms with Crippen LogP contribution in [0.2, 0.25) is 5.02 Å². The summed E-state index contributed by atoms with van der Waals surface area (Å²) in [4.78, 5) is 19.4. The Bertz CT molecular complexity index is 1160. The summed E-state index contributed by atoms with van der Waals surface area (Å²) in [6, 6.07) is 4.31. The molecule has 1 amide bonds. The molecule has 4 rings (SSSR count). The zero-order chi connectivity index (χ0) is 23.8. The van der Waals surface area contributed by atoms with E-state index in [9.17, 15) is 18.0 Å². The number of halogens is 4. The van der Waals surface area contributed by atoms with Gasteiger partial charge >= 0.3 is 6.18 Å². The van der Waals surface area contributed by atoms with E-state index < -0.39 is 17.6 Å². The molecule has 11 heteroatoms. The van der Waals surface area contributed by atoms with Gasteiger partial charge in [0, 0.05) is 31.5 Å². The summed E-state index contributed by atoms with van der Waals surface area (Å²) in [5.74, 6) is -0.571. The standard InChI is InChI=1S/C22H23ClF3N5O2/c1-13-18-19(23)17(21(33)28-15-4-2-14(3-5-15)22(24,25)26)12-27-20(18)31(29-13)16-6-8-30(9-7-16)10-11-32/h2-5,12,16,32H,6-11H2,1H3,(H,28,33). The number of anilines is 1. The Morgan fingerprint density at radius 2 is 1.91 bits per heavy atom. The van der Waals surface area contributed by atoms with Gasteiger partial charge in [0.15, 0.2) is 5.65 Å². The number of likely N-dealkylation sites (tertiary alicyclic amines) is 1. The van der Waals surface area contributed by atoms with Gasteiger partial charge in [-0.3, -0.25) is 4.79 Å². The summed E-state index contributed by atoms with van der Waals surface area (Å²) >= 11 is 6.57. The Morgan fingerprint density at radius 3 is 2.52 bits per heavy atom. The number of pyridine rings is 1. The van der Waals surface area contributed by atoms with E-state index in [4.69, 9.17) is 16.7 Å². The topological polar surface area (TPSA) is 83.3 Å². The Morgan fingerprint density at radius 1 is 1.24 bits per heavy atom. The van der Waals surface area contributed by atoms with Crippen LogP contribution < -0.4 is 5.32 Å². The number of nitrogens with zero attached hydrogens (tertiary/aromatic N) is 4. The van der Waals surface area contributed by atoms with E-state index in [2.05, 4.69) is 20.3 Å². The summed E-state index contributed by atoms with van der Waals surface area (Å²) in [5.41, 5.74) is 0.760. The maximum absolute atomic E-state index is 12.8. The Hall–Kier alpha value is -2.69. The van der Waals surface area contributed by atoms with Crippen LogP contribution in [0.25, 0.3) is 11.0 Å². The number of carbonyl (C=O) groups is 1. The number of nitrogens with one attached hydrogen (secondary N) is 1. The van der Waals surface area contributed by atoms with Gasteiger partial charge in [0.2, 0.25) is 0 Å². The molecule has 2 aromatic heterocycles. The molecule has 1 aliphatic rings. The van der Waals surface area contributed by atoms with Crippen LogP contribution in [0.3, 0.4) is 0 Å². The Balaban J connectivity index is 1.56. The van der Waals surface area contributed by atoms with Gasteiger partial charge in [-0.1, -0.05) is 11.6 Å². The molecule has 2 N–H and O–H groups in total. The average Bonchev–Trinajstić information content (AvgIpc) is 3.11. The summed E-state index contributed by atoms with van der Waals surface area (Å²) in [7, 11) is 0. The number of alkyl halides is 3. The monoisotopic (exact) mass is 481 g/mol. The molecule has 1 fully saturated rings. The molecule has 176 valence electrons. The number of aliphatic hydroxyl groups excluding tert-OH is 1. The quantitative estimate of drug-likeness (QED) is 0.568. The molecular formula is C22H23ClF3N5O2. The van der Waals surface area contributed by atoms with Gasteiger partial charge in [-0.25, -0.2) is 9.67 Å². The molecule has 33 heavy (non-hydrogen) atoms. The molecule has 1 saturated heterocycles. The van der Waals surface area contributed by atoms with Crippen LogP contribution in [-0.4, -0.2) is 56.9 Å². The molecule has 3 aromatic rings. The van der Waals surface area contributed by atoms with Gasteiger partial charge in [0.1, 0.15) is 0 Å². The van der Waals surface area contributed by atoms with Crippen LogP contribution >= 0.6 is 11.6 Å². The first-order valence-electron chi connectivity index (χ1n) is 10.5. The second-order valence-corrected chi connectivity index (χ2v) is 8.42. The van der Waals surface area contributed by atoms with Crippen molar-refractivity contribution >= 4 is 34.2 Å². The molecule has 0 unspecified atom stereocenters. The summed E-state index contributed by atoms with van der Waals surface area (Å²) in [5, 5.41) is 17.1. The molecule has 7 nitrogen and oxygen atoms in total. The maximum atomic E-state index is 12.8. The van der Waals surface area contributed by atoms with Gasteiger partial charge in [-0.05, 0) is 44.0 Å². The van der Waals surface area contributed by atoms with Crippen molar-refractivity contribution in [1.82, 2.24) is 19.7 Å². The highest BCUT2D eigenvalue weighted by atomic mass is 35.5. The average molecular weight is 482 g/mol. The van der Waals surface area contributed by atoms with Crippen LogP contribution in [0.4, 0.5) is 18.9 Å². The molecule has 1 aromatic carbocycles. The number of aryl methyl sites for hydroxylation is 1. The van der Waals surface area contributed by atoms with E-state index >= 15 is 0 Å². The first-order chi connectivity index (χ1) is 15.7. The van der Waals surface area contributed by atoms with E-state index in [0.717, 1.165) is 38.1 Å². The SMILES string of the molecule is Cc1nn(C2CCN(CCO)CC2)c2ncc(C(=O)Nc3ccc(C(F)(F)F)cc3)c(Cl)c12. The first kappa shape index (κ1) is 23.5. The van der Waals surface area contributed by atoms with Crippen molar-refractivity contribution in [3.05, 3.63) is 52.3 Å². The van der Waals surface area contributed by atoms with Crippen LogP contribution in [0.5, 0.6) is 0 Å². The normalized spacial score (nSPS) is 15.8. The van der Waals surface area contributed by atoms with Crippen molar-refractivity contribution in [2.75, 3.05) is 31.6 Å². The molecule has 0 aliphatic carbocycles. The Kier molecular flexibility index (Phi) is 6.60. The lowest BCUT2D eigenvalue weighted by Gasteiger charge is -2.31. The van der Waals surface area contributed by atoms with Crippen LogP contribution in [-0.2, 0) is 6.18 Å². The number of amides is 1. The molecular weight excluding hydrogens is 459 g/mol. The fraction of sp³-hybridized carbons (Fsp3) is 0.409. The number of piperidine rings is 1. The number of benzene rings is 1. The summed E-state index contributed by atoms with van der Waals surface area (Å²) < 4.78 is 40.1. The van der Waals surface area contributed by atoms with Gasteiger partial charge < -0.3 is 15.3 Å². The van der Waals surface area contributed by atoms with Gasteiger partial charge in [0.25, 0.3) is 5.91 Å². The van der Waals surface area contributed by atoms with Crippen molar-refractivity contribution in [2.45, 2.75) is 32.0 Å². The number of aliphatic hydroxyl groups is 1. The fourth-order valence-corrected chi connectivity index (χ4v) is 4.47. The predicted molar refractivity (Wildman–Crippen MR) is 118 cm³/mol. The number of hydrogen-bond acceptors (Lipinski definition) is 5. The van der Waals surface area contributed by atoms with E-state index in [-0.39, 0.29) is 28.9 Å². The van der Waals surface area contributed by atoms with Crippen molar-refractivity contribution in [3.8, 4) is 0 Å². The lowest BCUT2D eigenvalue weighted by molar-refractivity contribution is -0.137. The first-order valence-corrected chi connectivity index (χ1v) is 10.9. The highest BCUT2D eigenvalue weighted by molar-refractivity contribution is 6.39. The maximum Gasteiger partial charge on any atom is 0.416 e. The number of fused-ring (bicyclic) bond motifs is 1. The number of carbonyl (C=O) groups excluding carboxylic acids is 1. The predicted octanol–water partition coefficient (Wildman–Crippen LogP) is 4.29. The van der Waals surface area contributed by atoms with Crippen LogP contribution in [0, 0.1) is 6.92 Å². The van der Waals surface area contributed by atoms with Crippen molar-refractivity contribution < 1.29 is 23.1 Å². The zero-order valence-corrected chi connectivity index (χ0v) is 18.6. The smallest absolute Gasteiger partial charge is 0.395 e. The van der Waals surface area contributed by atoms with E-state index in [1.54, 1.807) is 6.92 Å². The lowest BCUT2D eigenvalue weighted by Crippen LogP contribution is -2.36. The van der Waals surface area contributed by atoms with E-state index in [1.165, 1.54) is 18.3 Å². The van der Waals surface area contributed by atoms with Gasteiger partial charge in [-0.2, -0.15) is 18.3 Å². The Labute approximate surface area is 193 Å². The van der Waals surface area contributed by atoms with Crippen molar-refractivity contribution in [2.24, 2.45) is 0 Å². The fourth-order valence-electron chi connectivity index (χ4n) is 4.12. The molecule has 3 heterocycles.